The van der Waals surface area contributed by atoms with Crippen molar-refractivity contribution in [1.29, 1.82) is 0 Å². The predicted molar refractivity (Wildman–Crippen MR) is 129 cm³/mol. The van der Waals surface area contributed by atoms with Gasteiger partial charge in [0.05, 0.1) is 24.9 Å². The van der Waals surface area contributed by atoms with Crippen LogP contribution in [0, 0.1) is 6.92 Å². The Labute approximate surface area is 197 Å². The molecule has 172 valence electrons. The molecule has 9 heteroatoms. The minimum Gasteiger partial charge on any atom is -0.494 e. The fourth-order valence-corrected chi connectivity index (χ4v) is 4.81. The molecule has 0 saturated carbocycles. The number of anilines is 3. The van der Waals surface area contributed by atoms with E-state index in [1.807, 2.05) is 37.3 Å². The third kappa shape index (κ3) is 3.83. The average molecular weight is 468 g/mol. The number of halogens is 1. The summed E-state index contributed by atoms with van der Waals surface area (Å²) < 4.78 is 11.5. The molecule has 0 aliphatic carbocycles. The van der Waals surface area contributed by atoms with E-state index in [0.29, 0.717) is 34.3 Å². The third-order valence-corrected chi connectivity index (χ3v) is 6.69. The van der Waals surface area contributed by atoms with Gasteiger partial charge in [-0.15, -0.1) is 0 Å². The molecule has 0 unspecified atom stereocenters. The first-order valence-electron chi connectivity index (χ1n) is 11.0. The molecule has 5 rings (SSSR count). The second kappa shape index (κ2) is 8.35. The molecule has 3 heterocycles. The molecule has 33 heavy (non-hydrogen) atoms. The van der Waals surface area contributed by atoms with Gasteiger partial charge in [-0.05, 0) is 43.7 Å². The number of nitrogens with zero attached hydrogens (tertiary/aromatic N) is 4. The van der Waals surface area contributed by atoms with Gasteiger partial charge in [0.1, 0.15) is 17.9 Å². The summed E-state index contributed by atoms with van der Waals surface area (Å²) >= 11 is 6.29. The van der Waals surface area contributed by atoms with Gasteiger partial charge in [0.15, 0.2) is 5.60 Å². The van der Waals surface area contributed by atoms with Gasteiger partial charge in [-0.2, -0.15) is 0 Å². The molecule has 0 bridgehead atoms. The highest BCUT2D eigenvalue weighted by Crippen LogP contribution is 2.41. The van der Waals surface area contributed by atoms with Crippen molar-refractivity contribution >= 4 is 45.8 Å². The highest BCUT2D eigenvalue weighted by Gasteiger charge is 2.54. The number of carbonyl (C=O) groups is 1. The number of aromatic nitrogens is 2. The summed E-state index contributed by atoms with van der Waals surface area (Å²) in [6, 6.07) is 9.39. The van der Waals surface area contributed by atoms with Crippen LogP contribution in [0.4, 0.5) is 22.0 Å². The predicted octanol–water partition coefficient (Wildman–Crippen LogP) is 4.76. The molecule has 1 aromatic heterocycles. The molecule has 2 aliphatic rings. The number of hydrogen-bond donors (Lipinski definition) is 1. The van der Waals surface area contributed by atoms with Crippen molar-refractivity contribution in [3.8, 4) is 5.75 Å². The summed E-state index contributed by atoms with van der Waals surface area (Å²) in [5.41, 5.74) is 2.66. The highest BCUT2D eigenvalue weighted by molar-refractivity contribution is 6.31. The zero-order valence-corrected chi connectivity index (χ0v) is 19.6. The van der Waals surface area contributed by atoms with Crippen LogP contribution in [0.15, 0.2) is 36.7 Å². The van der Waals surface area contributed by atoms with Gasteiger partial charge in [0.2, 0.25) is 0 Å². The number of carbonyl (C=O) groups excluding carboxylic acids is 1. The van der Waals surface area contributed by atoms with Crippen LogP contribution in [0.3, 0.4) is 0 Å². The normalized spacial score (nSPS) is 17.3. The molecule has 0 radical (unpaired) electrons. The number of hydrogen-bond acceptors (Lipinski definition) is 7. The van der Waals surface area contributed by atoms with Crippen LogP contribution in [-0.2, 0) is 4.74 Å². The summed E-state index contributed by atoms with van der Waals surface area (Å²) in [4.78, 5) is 25.7. The van der Waals surface area contributed by atoms with Gasteiger partial charge in [0.25, 0.3) is 0 Å². The van der Waals surface area contributed by atoms with Gasteiger partial charge in [-0.3, -0.25) is 9.80 Å². The van der Waals surface area contributed by atoms with Crippen LogP contribution in [0.5, 0.6) is 5.75 Å². The summed E-state index contributed by atoms with van der Waals surface area (Å²) in [7, 11) is 1.59. The van der Waals surface area contributed by atoms with Crippen molar-refractivity contribution in [2.24, 2.45) is 0 Å². The third-order valence-electron chi connectivity index (χ3n) is 6.28. The van der Waals surface area contributed by atoms with Gasteiger partial charge in [0, 0.05) is 35.3 Å². The van der Waals surface area contributed by atoms with Crippen LogP contribution in [0.25, 0.3) is 10.9 Å². The first-order chi connectivity index (χ1) is 15.9. The quantitative estimate of drug-likeness (QED) is 0.559. The molecule has 1 amide bonds. The zero-order chi connectivity index (χ0) is 23.2. The second-order valence-electron chi connectivity index (χ2n) is 8.65. The molecule has 8 nitrogen and oxygen atoms in total. The number of ether oxygens (including phenoxy) is 2. The Hall–Kier alpha value is -3.10. The fourth-order valence-electron chi connectivity index (χ4n) is 4.63. The largest absolute Gasteiger partial charge is 0.494 e. The lowest BCUT2D eigenvalue weighted by Crippen LogP contribution is -2.63. The topological polar surface area (TPSA) is 79.8 Å². The lowest BCUT2D eigenvalue weighted by atomic mass is 9.93. The molecule has 2 aliphatic heterocycles. The minimum absolute atomic E-state index is 0.360. The van der Waals surface area contributed by atoms with Crippen LogP contribution >= 0.6 is 11.6 Å². The Balaban J connectivity index is 1.51. The summed E-state index contributed by atoms with van der Waals surface area (Å²) in [6.07, 6.45) is 2.22. The molecule has 3 aromatic rings. The number of methoxy groups -OCH3 is 1. The number of fused-ring (bicyclic) bond motifs is 1. The Kier molecular flexibility index (Phi) is 5.50. The zero-order valence-electron chi connectivity index (χ0n) is 18.9. The van der Waals surface area contributed by atoms with Crippen molar-refractivity contribution in [3.05, 3.63) is 47.2 Å². The monoisotopic (exact) mass is 467 g/mol. The van der Waals surface area contributed by atoms with E-state index in [0.717, 1.165) is 42.7 Å². The molecule has 2 aromatic carbocycles. The van der Waals surface area contributed by atoms with Crippen molar-refractivity contribution in [2.75, 3.05) is 43.5 Å². The van der Waals surface area contributed by atoms with Crippen molar-refractivity contribution < 1.29 is 14.3 Å². The average Bonchev–Trinajstić information content (AvgIpc) is 3.13. The Morgan fingerprint density at radius 1 is 1.24 bits per heavy atom. The van der Waals surface area contributed by atoms with E-state index in [1.54, 1.807) is 12.0 Å². The van der Waals surface area contributed by atoms with Gasteiger partial charge < -0.3 is 14.8 Å². The maximum Gasteiger partial charge on any atom is 0.415 e. The first-order valence-corrected chi connectivity index (χ1v) is 11.4. The standard InChI is InChI=1S/C24H26ClN5O3/c1-4-8-29-11-24(12-29)13-30(23(31)33-24)20-9-16-19(10-21(20)32-3)26-14-27-22(16)28-18-7-5-6-17(25)15(18)2/h5-7,9-10,14H,4,8,11-13H2,1-3H3,(H,26,27,28). The van der Waals surface area contributed by atoms with Gasteiger partial charge >= 0.3 is 6.09 Å². The highest BCUT2D eigenvalue weighted by atomic mass is 35.5. The number of rotatable bonds is 6. The smallest absolute Gasteiger partial charge is 0.415 e. The molecular weight excluding hydrogens is 442 g/mol. The number of amides is 1. The van der Waals surface area contributed by atoms with E-state index in [2.05, 4.69) is 27.1 Å². The van der Waals surface area contributed by atoms with E-state index in [-0.39, 0.29) is 6.09 Å². The SMILES string of the molecule is CCCN1CC2(C1)CN(c1cc3c(Nc4cccc(Cl)c4C)ncnc3cc1OC)C(=O)O2. The molecule has 2 saturated heterocycles. The van der Waals surface area contributed by atoms with E-state index >= 15 is 0 Å². The maximum atomic E-state index is 12.9. The fraction of sp³-hybridized carbons (Fsp3) is 0.375. The number of likely N-dealkylation sites (tertiary alicyclic amines) is 1. The molecular formula is C24H26ClN5O3. The summed E-state index contributed by atoms with van der Waals surface area (Å²) in [5, 5.41) is 4.80. The molecule has 1 N–H and O–H groups in total. The van der Waals surface area contributed by atoms with Gasteiger partial charge in [-0.25, -0.2) is 14.8 Å². The van der Waals surface area contributed by atoms with E-state index in [9.17, 15) is 4.79 Å². The van der Waals surface area contributed by atoms with Crippen LogP contribution in [0.1, 0.15) is 18.9 Å². The van der Waals surface area contributed by atoms with Crippen molar-refractivity contribution in [2.45, 2.75) is 25.9 Å². The Morgan fingerprint density at radius 2 is 2.06 bits per heavy atom. The minimum atomic E-state index is -0.460. The first kappa shape index (κ1) is 21.7. The van der Waals surface area contributed by atoms with E-state index in [4.69, 9.17) is 21.1 Å². The lowest BCUT2D eigenvalue weighted by molar-refractivity contribution is -0.0720. The van der Waals surface area contributed by atoms with E-state index in [1.165, 1.54) is 6.33 Å². The molecule has 1 spiro atoms. The van der Waals surface area contributed by atoms with Gasteiger partial charge in [-0.1, -0.05) is 24.6 Å². The summed E-state index contributed by atoms with van der Waals surface area (Å²) in [5.74, 6) is 1.18. The van der Waals surface area contributed by atoms with Crippen molar-refractivity contribution in [1.82, 2.24) is 14.9 Å². The second-order valence-corrected chi connectivity index (χ2v) is 9.06. The summed E-state index contributed by atoms with van der Waals surface area (Å²) in [6.45, 7) is 7.09. The Morgan fingerprint density at radius 3 is 2.82 bits per heavy atom. The molecule has 2 fully saturated rings. The molecule has 0 atom stereocenters. The lowest BCUT2D eigenvalue weighted by Gasteiger charge is -2.45. The number of benzene rings is 2. The van der Waals surface area contributed by atoms with Crippen molar-refractivity contribution in [3.63, 3.8) is 0 Å². The Bertz CT molecular complexity index is 1230. The maximum absolute atomic E-state index is 12.9. The van der Waals surface area contributed by atoms with E-state index < -0.39 is 5.60 Å². The van der Waals surface area contributed by atoms with Crippen LogP contribution in [-0.4, -0.2) is 59.9 Å². The van der Waals surface area contributed by atoms with Crippen LogP contribution in [0.2, 0.25) is 5.02 Å². The number of nitrogens with one attached hydrogen (secondary N) is 1. The van der Waals surface area contributed by atoms with Crippen LogP contribution < -0.4 is 15.0 Å².